The average molecular weight is 229 g/mol. The van der Waals surface area contributed by atoms with Gasteiger partial charge in [0.15, 0.2) is 0 Å². The Bertz CT molecular complexity index is 452. The molecule has 1 aromatic carbocycles. The molecule has 0 heterocycles. The van der Waals surface area contributed by atoms with Gasteiger partial charge in [0.1, 0.15) is 0 Å². The van der Waals surface area contributed by atoms with Crippen LogP contribution in [-0.4, -0.2) is 24.8 Å². The third-order valence-corrected chi connectivity index (χ3v) is 2.41. The smallest absolute Gasteiger partial charge is 0.237 e. The van der Waals surface area contributed by atoms with Crippen molar-refractivity contribution in [2.75, 3.05) is 14.1 Å². The number of carbonyl (C=O) groups is 1. The topological polar surface area (TPSA) is 20.3 Å². The Kier molecular flexibility index (Phi) is 3.96. The highest BCUT2D eigenvalue weighted by Gasteiger charge is 2.13. The van der Waals surface area contributed by atoms with E-state index in [1.54, 1.807) is 4.90 Å². The molecule has 0 saturated carbocycles. The van der Waals surface area contributed by atoms with Crippen LogP contribution < -0.4 is 0 Å². The SMILES string of the molecule is CN(C)C#CC(=O)c1ccc(C(C)(C)C)cc1. The van der Waals surface area contributed by atoms with Crippen LogP contribution in [0.5, 0.6) is 0 Å². The van der Waals surface area contributed by atoms with E-state index in [1.165, 1.54) is 5.56 Å². The number of carbonyl (C=O) groups excluding carboxylic acids is 1. The maximum atomic E-state index is 11.7. The van der Waals surface area contributed by atoms with E-state index in [9.17, 15) is 4.79 Å². The first kappa shape index (κ1) is 13.3. The summed E-state index contributed by atoms with van der Waals surface area (Å²) in [5.74, 6) is 2.45. The summed E-state index contributed by atoms with van der Waals surface area (Å²) in [5, 5.41) is 0. The van der Waals surface area contributed by atoms with Crippen LogP contribution in [0.4, 0.5) is 0 Å². The molecule has 0 aliphatic heterocycles. The molecule has 90 valence electrons. The maximum absolute atomic E-state index is 11.7. The molecule has 17 heavy (non-hydrogen) atoms. The minimum absolute atomic E-state index is 0.108. The Morgan fingerprint density at radius 2 is 1.65 bits per heavy atom. The molecule has 0 spiro atoms. The molecular formula is C15H19NO. The van der Waals surface area contributed by atoms with Crippen LogP contribution in [0.1, 0.15) is 36.7 Å². The second kappa shape index (κ2) is 5.05. The van der Waals surface area contributed by atoms with Crippen LogP contribution in [0.2, 0.25) is 0 Å². The summed E-state index contributed by atoms with van der Waals surface area (Å²) in [7, 11) is 3.62. The molecule has 0 N–H and O–H groups in total. The van der Waals surface area contributed by atoms with Crippen LogP contribution >= 0.6 is 0 Å². The molecular weight excluding hydrogens is 210 g/mol. The first-order chi connectivity index (χ1) is 7.80. The Balaban J connectivity index is 2.90. The van der Waals surface area contributed by atoms with Crippen molar-refractivity contribution in [3.05, 3.63) is 35.4 Å². The number of rotatable bonds is 1. The maximum Gasteiger partial charge on any atom is 0.237 e. The monoisotopic (exact) mass is 229 g/mol. The normalized spacial score (nSPS) is 10.4. The zero-order valence-electron chi connectivity index (χ0n) is 11.2. The summed E-state index contributed by atoms with van der Waals surface area (Å²) in [6.07, 6.45) is 0. The Morgan fingerprint density at radius 1 is 1.12 bits per heavy atom. The van der Waals surface area contributed by atoms with E-state index in [4.69, 9.17) is 0 Å². The summed E-state index contributed by atoms with van der Waals surface area (Å²) < 4.78 is 0. The molecule has 0 aliphatic carbocycles. The fourth-order valence-electron chi connectivity index (χ4n) is 1.36. The van der Waals surface area contributed by atoms with Crippen LogP contribution in [-0.2, 0) is 5.41 Å². The molecule has 0 aliphatic rings. The van der Waals surface area contributed by atoms with Crippen LogP contribution in [0.25, 0.3) is 0 Å². The van der Waals surface area contributed by atoms with Gasteiger partial charge in [-0.1, -0.05) is 45.0 Å². The van der Waals surface area contributed by atoms with Crippen LogP contribution in [0.3, 0.4) is 0 Å². The Hall–Kier alpha value is -1.75. The highest BCUT2D eigenvalue weighted by Crippen LogP contribution is 2.22. The van der Waals surface area contributed by atoms with Gasteiger partial charge in [-0.2, -0.15) is 0 Å². The number of benzene rings is 1. The van der Waals surface area contributed by atoms with E-state index in [2.05, 4.69) is 32.7 Å². The molecule has 1 aromatic rings. The summed E-state index contributed by atoms with van der Waals surface area (Å²) >= 11 is 0. The fourth-order valence-corrected chi connectivity index (χ4v) is 1.36. The molecule has 2 nitrogen and oxygen atoms in total. The van der Waals surface area contributed by atoms with Crippen molar-refractivity contribution in [1.29, 1.82) is 0 Å². The number of ketones is 1. The molecule has 0 unspecified atom stereocenters. The van der Waals surface area contributed by atoms with Crippen LogP contribution in [0, 0.1) is 12.0 Å². The van der Waals surface area contributed by atoms with Crippen molar-refractivity contribution in [3.63, 3.8) is 0 Å². The van der Waals surface area contributed by atoms with E-state index in [0.717, 1.165) is 0 Å². The zero-order valence-corrected chi connectivity index (χ0v) is 11.2. The van der Waals surface area contributed by atoms with Crippen molar-refractivity contribution in [1.82, 2.24) is 4.90 Å². The van der Waals surface area contributed by atoms with Gasteiger partial charge in [0.25, 0.3) is 0 Å². The summed E-state index contributed by atoms with van der Waals surface area (Å²) in [6.45, 7) is 6.45. The van der Waals surface area contributed by atoms with Gasteiger partial charge in [0.2, 0.25) is 5.78 Å². The van der Waals surface area contributed by atoms with E-state index in [0.29, 0.717) is 5.56 Å². The first-order valence-electron chi connectivity index (χ1n) is 5.64. The third kappa shape index (κ3) is 3.96. The number of hydrogen-bond acceptors (Lipinski definition) is 2. The van der Waals surface area contributed by atoms with Gasteiger partial charge in [-0.15, -0.1) is 0 Å². The number of Topliss-reactive ketones (excluding diaryl/α,β-unsaturated/α-hetero) is 1. The molecule has 2 heteroatoms. The summed E-state index contributed by atoms with van der Waals surface area (Å²) in [5.41, 5.74) is 1.97. The quantitative estimate of drug-likeness (QED) is 0.419. The largest absolute Gasteiger partial charge is 0.338 e. The van der Waals surface area contributed by atoms with E-state index < -0.39 is 0 Å². The van der Waals surface area contributed by atoms with Crippen molar-refractivity contribution in [3.8, 4) is 12.0 Å². The molecule has 0 bridgehead atoms. The molecule has 1 rings (SSSR count). The van der Waals surface area contributed by atoms with Crippen molar-refractivity contribution < 1.29 is 4.79 Å². The second-order valence-corrected chi connectivity index (χ2v) is 5.29. The minimum Gasteiger partial charge on any atom is -0.338 e. The highest BCUT2D eigenvalue weighted by atomic mass is 16.1. The van der Waals surface area contributed by atoms with Gasteiger partial charge in [-0.05, 0) is 16.9 Å². The highest BCUT2D eigenvalue weighted by molar-refractivity contribution is 6.08. The van der Waals surface area contributed by atoms with Gasteiger partial charge in [-0.3, -0.25) is 4.79 Å². The van der Waals surface area contributed by atoms with Crippen molar-refractivity contribution in [2.45, 2.75) is 26.2 Å². The lowest BCUT2D eigenvalue weighted by Crippen LogP contribution is -2.11. The number of hydrogen-bond donors (Lipinski definition) is 0. The Morgan fingerprint density at radius 3 is 2.06 bits per heavy atom. The van der Waals surface area contributed by atoms with E-state index in [1.807, 2.05) is 38.4 Å². The second-order valence-electron chi connectivity index (χ2n) is 5.29. The van der Waals surface area contributed by atoms with Gasteiger partial charge in [-0.25, -0.2) is 0 Å². The Labute approximate surface area is 104 Å². The molecule has 0 radical (unpaired) electrons. The van der Waals surface area contributed by atoms with Gasteiger partial charge < -0.3 is 4.90 Å². The van der Waals surface area contributed by atoms with E-state index in [-0.39, 0.29) is 11.2 Å². The molecule has 0 aromatic heterocycles. The predicted octanol–water partition coefficient (Wildman–Crippen LogP) is 2.69. The van der Waals surface area contributed by atoms with Crippen molar-refractivity contribution in [2.24, 2.45) is 0 Å². The first-order valence-corrected chi connectivity index (χ1v) is 5.64. The zero-order chi connectivity index (χ0) is 13.1. The standard InChI is InChI=1S/C15H19NO/c1-15(2,3)13-8-6-12(7-9-13)14(17)10-11-16(4)5/h6-9H,1-5H3. The molecule has 0 saturated heterocycles. The average Bonchev–Trinajstić information content (AvgIpc) is 2.25. The molecule has 0 fully saturated rings. The fraction of sp³-hybridized carbons (Fsp3) is 0.400. The number of nitrogens with zero attached hydrogens (tertiary/aromatic N) is 1. The lowest BCUT2D eigenvalue weighted by atomic mass is 9.86. The van der Waals surface area contributed by atoms with Crippen LogP contribution in [0.15, 0.2) is 24.3 Å². The minimum atomic E-state index is -0.140. The molecule has 0 atom stereocenters. The predicted molar refractivity (Wildman–Crippen MR) is 70.9 cm³/mol. The lowest BCUT2D eigenvalue weighted by molar-refractivity contribution is 0.105. The van der Waals surface area contributed by atoms with Gasteiger partial charge in [0, 0.05) is 25.7 Å². The van der Waals surface area contributed by atoms with Gasteiger partial charge in [0.05, 0.1) is 0 Å². The third-order valence-electron chi connectivity index (χ3n) is 2.41. The van der Waals surface area contributed by atoms with Gasteiger partial charge >= 0.3 is 0 Å². The lowest BCUT2D eigenvalue weighted by Gasteiger charge is -2.18. The summed E-state index contributed by atoms with van der Waals surface area (Å²) in [6, 6.07) is 10.4. The summed E-state index contributed by atoms with van der Waals surface area (Å²) in [4.78, 5) is 13.4. The van der Waals surface area contributed by atoms with E-state index >= 15 is 0 Å². The molecule has 0 amide bonds. The van der Waals surface area contributed by atoms with Crippen molar-refractivity contribution >= 4 is 5.78 Å².